The van der Waals surface area contributed by atoms with Crippen molar-refractivity contribution in [3.63, 3.8) is 0 Å². The number of carbonyl (C=O) groups is 3. The van der Waals surface area contributed by atoms with Gasteiger partial charge in [-0.2, -0.15) is 0 Å². The second-order valence-electron chi connectivity index (χ2n) is 6.86. The molecule has 7 nitrogen and oxygen atoms in total. The lowest BCUT2D eigenvalue weighted by atomic mass is 10.1. The Balaban J connectivity index is 2.00. The highest BCUT2D eigenvalue weighted by Gasteiger charge is 2.34. The summed E-state index contributed by atoms with van der Waals surface area (Å²) < 4.78 is 6.20. The SMILES string of the molecule is CCCCCOC(=O)CC1C(=O)NCCN1C(=S)NC(=O)c1ccc(C)c(I)c1. The fourth-order valence-corrected chi connectivity index (χ4v) is 3.72. The highest BCUT2D eigenvalue weighted by atomic mass is 127. The second kappa shape index (κ2) is 11.4. The molecule has 1 aromatic carbocycles. The van der Waals surface area contributed by atoms with Gasteiger partial charge in [-0.3, -0.25) is 19.7 Å². The van der Waals surface area contributed by atoms with E-state index in [0.29, 0.717) is 25.3 Å². The summed E-state index contributed by atoms with van der Waals surface area (Å²) in [5.74, 6) is -1.10. The molecule has 2 N–H and O–H groups in total. The summed E-state index contributed by atoms with van der Waals surface area (Å²) in [4.78, 5) is 38.6. The number of nitrogens with zero attached hydrogens (tertiary/aromatic N) is 1. The Bertz CT molecular complexity index is 787. The molecule has 2 rings (SSSR count). The van der Waals surface area contributed by atoms with Gasteiger partial charge >= 0.3 is 5.97 Å². The van der Waals surface area contributed by atoms with E-state index >= 15 is 0 Å². The lowest BCUT2D eigenvalue weighted by Gasteiger charge is -2.36. The quantitative estimate of drug-likeness (QED) is 0.244. The number of halogens is 1. The Morgan fingerprint density at radius 2 is 2.14 bits per heavy atom. The van der Waals surface area contributed by atoms with Gasteiger partial charge in [0.1, 0.15) is 6.04 Å². The Hall–Kier alpha value is -1.75. The van der Waals surface area contributed by atoms with Gasteiger partial charge in [0.05, 0.1) is 13.0 Å². The molecule has 29 heavy (non-hydrogen) atoms. The van der Waals surface area contributed by atoms with Gasteiger partial charge < -0.3 is 15.0 Å². The third-order valence-electron chi connectivity index (χ3n) is 4.62. The van der Waals surface area contributed by atoms with Crippen LogP contribution in [0.5, 0.6) is 0 Å². The summed E-state index contributed by atoms with van der Waals surface area (Å²) in [5, 5.41) is 5.54. The summed E-state index contributed by atoms with van der Waals surface area (Å²) in [6.07, 6.45) is 2.70. The van der Waals surface area contributed by atoms with Gasteiger partial charge in [0.2, 0.25) is 5.91 Å². The fraction of sp³-hybridized carbons (Fsp3) is 0.500. The van der Waals surface area contributed by atoms with Gasteiger partial charge in [0.25, 0.3) is 5.91 Å². The van der Waals surface area contributed by atoms with Crippen LogP contribution in [0.3, 0.4) is 0 Å². The summed E-state index contributed by atoms with van der Waals surface area (Å²) >= 11 is 7.54. The van der Waals surface area contributed by atoms with Crippen molar-refractivity contribution in [3.05, 3.63) is 32.9 Å². The van der Waals surface area contributed by atoms with Crippen molar-refractivity contribution < 1.29 is 19.1 Å². The summed E-state index contributed by atoms with van der Waals surface area (Å²) in [6, 6.07) is 4.57. The zero-order chi connectivity index (χ0) is 21.4. The molecule has 0 spiro atoms. The number of amides is 2. The normalized spacial score (nSPS) is 16.2. The highest BCUT2D eigenvalue weighted by Crippen LogP contribution is 2.15. The average molecular weight is 531 g/mol. The first-order valence-corrected chi connectivity index (χ1v) is 11.1. The number of hydrogen-bond donors (Lipinski definition) is 2. The molecule has 9 heteroatoms. The molecular weight excluding hydrogens is 505 g/mol. The monoisotopic (exact) mass is 531 g/mol. The smallest absolute Gasteiger partial charge is 0.308 e. The molecule has 0 bridgehead atoms. The molecule has 0 aliphatic carbocycles. The van der Waals surface area contributed by atoms with Gasteiger partial charge in [-0.25, -0.2) is 0 Å². The molecule has 1 fully saturated rings. The van der Waals surface area contributed by atoms with Crippen LogP contribution in [-0.4, -0.2) is 53.5 Å². The van der Waals surface area contributed by atoms with E-state index in [1.54, 1.807) is 17.0 Å². The number of thiocarbonyl (C=S) groups is 1. The lowest BCUT2D eigenvalue weighted by molar-refractivity contribution is -0.147. The van der Waals surface area contributed by atoms with Gasteiger partial charge in [-0.05, 0) is 65.8 Å². The Kier molecular flexibility index (Phi) is 9.28. The van der Waals surface area contributed by atoms with E-state index in [2.05, 4.69) is 40.1 Å². The van der Waals surface area contributed by atoms with Crippen molar-refractivity contribution in [2.75, 3.05) is 19.7 Å². The Morgan fingerprint density at radius 3 is 2.83 bits per heavy atom. The Morgan fingerprint density at radius 1 is 1.38 bits per heavy atom. The molecule has 1 heterocycles. The predicted molar refractivity (Wildman–Crippen MR) is 123 cm³/mol. The predicted octanol–water partition coefficient (Wildman–Crippen LogP) is 2.54. The first-order chi connectivity index (χ1) is 13.8. The minimum atomic E-state index is -0.798. The minimum Gasteiger partial charge on any atom is -0.466 e. The molecule has 0 aromatic heterocycles. The van der Waals surface area contributed by atoms with Gasteiger partial charge in [0.15, 0.2) is 5.11 Å². The summed E-state index contributed by atoms with van der Waals surface area (Å²) in [7, 11) is 0. The lowest BCUT2D eigenvalue weighted by Crippen LogP contribution is -2.60. The number of carbonyl (C=O) groups excluding carboxylic acids is 3. The van der Waals surface area contributed by atoms with E-state index in [0.717, 1.165) is 28.4 Å². The minimum absolute atomic E-state index is 0.115. The summed E-state index contributed by atoms with van der Waals surface area (Å²) in [6.45, 7) is 5.17. The molecule has 1 aromatic rings. The van der Waals surface area contributed by atoms with Crippen LogP contribution in [0, 0.1) is 10.5 Å². The third kappa shape index (κ3) is 6.91. The van der Waals surface area contributed by atoms with E-state index in [1.807, 2.05) is 13.0 Å². The topological polar surface area (TPSA) is 87.7 Å². The number of benzene rings is 1. The number of unbranched alkanes of at least 4 members (excludes halogenated alkanes) is 2. The van der Waals surface area contributed by atoms with Crippen LogP contribution in [0.15, 0.2) is 18.2 Å². The number of hydrogen-bond acceptors (Lipinski definition) is 5. The van der Waals surface area contributed by atoms with Crippen LogP contribution in [0.25, 0.3) is 0 Å². The van der Waals surface area contributed by atoms with Crippen LogP contribution in [0.2, 0.25) is 0 Å². The number of esters is 1. The number of rotatable bonds is 7. The average Bonchev–Trinajstić information content (AvgIpc) is 2.68. The maximum Gasteiger partial charge on any atom is 0.308 e. The second-order valence-corrected chi connectivity index (χ2v) is 8.40. The molecule has 1 atom stereocenters. The van der Waals surface area contributed by atoms with Crippen molar-refractivity contribution in [1.29, 1.82) is 0 Å². The van der Waals surface area contributed by atoms with Gasteiger partial charge in [-0.1, -0.05) is 25.8 Å². The number of ether oxygens (including phenoxy) is 1. The molecule has 0 saturated carbocycles. The van der Waals surface area contributed by atoms with E-state index in [9.17, 15) is 14.4 Å². The van der Waals surface area contributed by atoms with E-state index < -0.39 is 12.0 Å². The molecular formula is C20H26IN3O4S. The van der Waals surface area contributed by atoms with E-state index in [-0.39, 0.29) is 23.3 Å². The number of nitrogens with one attached hydrogen (secondary N) is 2. The van der Waals surface area contributed by atoms with Crippen LogP contribution in [0.4, 0.5) is 0 Å². The van der Waals surface area contributed by atoms with E-state index in [1.165, 1.54) is 0 Å². The van der Waals surface area contributed by atoms with E-state index in [4.69, 9.17) is 17.0 Å². The molecule has 1 saturated heterocycles. The maximum atomic E-state index is 12.6. The first-order valence-electron chi connectivity index (χ1n) is 9.65. The fourth-order valence-electron chi connectivity index (χ4n) is 2.89. The molecule has 1 aliphatic rings. The molecule has 1 unspecified atom stereocenters. The van der Waals surface area contributed by atoms with Crippen LogP contribution in [0.1, 0.15) is 48.5 Å². The molecule has 158 valence electrons. The number of aryl methyl sites for hydroxylation is 1. The van der Waals surface area contributed by atoms with Crippen molar-refractivity contribution in [3.8, 4) is 0 Å². The standard InChI is InChI=1S/C20H26IN3O4S/c1-3-4-5-10-28-17(25)12-16-19(27)22-8-9-24(16)20(29)23-18(26)14-7-6-13(2)15(21)11-14/h6-7,11,16H,3-5,8-10,12H2,1-2H3,(H,22,27)(H,23,26,29). The Labute approximate surface area is 190 Å². The van der Waals surface area contributed by atoms with Gasteiger partial charge in [0, 0.05) is 22.2 Å². The maximum absolute atomic E-state index is 12.6. The van der Waals surface area contributed by atoms with Crippen molar-refractivity contribution in [1.82, 2.24) is 15.5 Å². The van der Waals surface area contributed by atoms with Crippen molar-refractivity contribution >= 4 is 57.7 Å². The summed E-state index contributed by atoms with van der Waals surface area (Å²) in [5.41, 5.74) is 1.56. The highest BCUT2D eigenvalue weighted by molar-refractivity contribution is 14.1. The van der Waals surface area contributed by atoms with Crippen LogP contribution >= 0.6 is 34.8 Å². The zero-order valence-electron chi connectivity index (χ0n) is 16.6. The number of piperazine rings is 1. The first kappa shape index (κ1) is 23.5. The van der Waals surface area contributed by atoms with Crippen LogP contribution < -0.4 is 10.6 Å². The third-order valence-corrected chi connectivity index (χ3v) is 6.12. The molecule has 2 amide bonds. The molecule has 0 radical (unpaired) electrons. The largest absolute Gasteiger partial charge is 0.466 e. The van der Waals surface area contributed by atoms with Gasteiger partial charge in [-0.15, -0.1) is 0 Å². The van der Waals surface area contributed by atoms with Crippen LogP contribution in [-0.2, 0) is 14.3 Å². The van der Waals surface area contributed by atoms with Crippen molar-refractivity contribution in [2.45, 2.75) is 45.6 Å². The van der Waals surface area contributed by atoms with Crippen molar-refractivity contribution in [2.24, 2.45) is 0 Å². The zero-order valence-corrected chi connectivity index (χ0v) is 19.6. The molecule has 1 aliphatic heterocycles.